The molecule has 0 N–H and O–H groups in total. The van der Waals surface area contributed by atoms with E-state index in [1.807, 2.05) is 48.2 Å². The number of aryl methyl sites for hydroxylation is 1. The molecule has 0 unspecified atom stereocenters. The molecule has 1 aromatic heterocycles. The molecular weight excluding hydrogens is 594 g/mol. The zero-order valence-electron chi connectivity index (χ0n) is 19.4. The average Bonchev–Trinajstić information content (AvgIpc) is 2.85. The number of hydrogen-bond donors (Lipinski definition) is 0. The molecule has 9 heteroatoms. The maximum absolute atomic E-state index is 13.6. The second kappa shape index (κ2) is 11.3. The summed E-state index contributed by atoms with van der Waals surface area (Å²) >= 11 is 6.72. The average molecular weight is 621 g/mol. The van der Waals surface area contributed by atoms with Gasteiger partial charge in [-0.3, -0.25) is 9.78 Å². The lowest BCUT2D eigenvalue weighted by Gasteiger charge is -2.34. The largest absolute Gasteiger partial charge is 0.332 e. The number of nitrogens with zero attached hydrogens (tertiary/aromatic N) is 3. The fraction of sp³-hybridized carbons (Fsp3) is 0.308. The first-order valence-corrected chi connectivity index (χ1v) is 14.5. The van der Waals surface area contributed by atoms with E-state index in [4.69, 9.17) is 0 Å². The maximum Gasteiger partial charge on any atom is 0.244 e. The molecular formula is C26H27Br2N3O3S. The Labute approximate surface area is 223 Å². The van der Waals surface area contributed by atoms with Gasteiger partial charge < -0.3 is 4.90 Å². The molecule has 3 aromatic rings. The number of carbonyl (C=O) groups is 1. The smallest absolute Gasteiger partial charge is 0.244 e. The number of rotatable bonds is 7. The summed E-state index contributed by atoms with van der Waals surface area (Å²) in [6.45, 7) is 3.55. The number of pyridine rings is 1. The van der Waals surface area contributed by atoms with Gasteiger partial charge in [0.05, 0.1) is 17.1 Å². The molecule has 1 amide bonds. The van der Waals surface area contributed by atoms with Crippen molar-refractivity contribution in [2.24, 2.45) is 5.92 Å². The quantitative estimate of drug-likeness (QED) is 0.348. The Morgan fingerprint density at radius 2 is 1.80 bits per heavy atom. The van der Waals surface area contributed by atoms with Crippen molar-refractivity contribution in [3.8, 4) is 0 Å². The molecule has 184 valence electrons. The van der Waals surface area contributed by atoms with Crippen molar-refractivity contribution in [2.75, 3.05) is 13.1 Å². The van der Waals surface area contributed by atoms with Gasteiger partial charge in [-0.25, -0.2) is 8.42 Å². The first-order chi connectivity index (χ1) is 16.7. The highest BCUT2D eigenvalue weighted by molar-refractivity contribution is 9.11. The van der Waals surface area contributed by atoms with Crippen LogP contribution in [0.2, 0.25) is 0 Å². The summed E-state index contributed by atoms with van der Waals surface area (Å²) in [4.78, 5) is 20.1. The van der Waals surface area contributed by atoms with E-state index in [1.54, 1.807) is 24.4 Å². The summed E-state index contributed by atoms with van der Waals surface area (Å²) in [5, 5.41) is 0. The SMILES string of the molecule is Cc1cccc(CN(Cc2ccccn2)C(=O)C2CCN(S(=O)(=O)c3cc(Br)ccc3Br)CC2)c1. The van der Waals surface area contributed by atoms with Gasteiger partial charge in [-0.15, -0.1) is 0 Å². The molecule has 0 spiro atoms. The number of aromatic nitrogens is 1. The number of benzene rings is 2. The third-order valence-electron chi connectivity index (χ3n) is 6.16. The Morgan fingerprint density at radius 3 is 2.49 bits per heavy atom. The fourth-order valence-electron chi connectivity index (χ4n) is 4.35. The number of sulfonamides is 1. The molecule has 0 saturated carbocycles. The van der Waals surface area contributed by atoms with Gasteiger partial charge in [0, 0.05) is 40.7 Å². The summed E-state index contributed by atoms with van der Waals surface area (Å²) in [5.41, 5.74) is 3.03. The molecule has 6 nitrogen and oxygen atoms in total. The van der Waals surface area contributed by atoms with E-state index in [2.05, 4.69) is 42.9 Å². The van der Waals surface area contributed by atoms with Crippen LogP contribution in [0.5, 0.6) is 0 Å². The minimum absolute atomic E-state index is 0.0397. The van der Waals surface area contributed by atoms with Gasteiger partial charge >= 0.3 is 0 Å². The molecule has 0 radical (unpaired) electrons. The zero-order valence-corrected chi connectivity index (χ0v) is 23.4. The van der Waals surface area contributed by atoms with Crippen LogP contribution >= 0.6 is 31.9 Å². The van der Waals surface area contributed by atoms with Crippen LogP contribution in [-0.2, 0) is 27.9 Å². The maximum atomic E-state index is 13.6. The van der Waals surface area contributed by atoms with Crippen LogP contribution in [0.25, 0.3) is 0 Å². The van der Waals surface area contributed by atoms with Crippen molar-refractivity contribution in [1.82, 2.24) is 14.2 Å². The molecule has 35 heavy (non-hydrogen) atoms. The van der Waals surface area contributed by atoms with Crippen molar-refractivity contribution in [3.05, 3.63) is 92.6 Å². The van der Waals surface area contributed by atoms with Crippen molar-refractivity contribution >= 4 is 47.8 Å². The Kier molecular flexibility index (Phi) is 8.42. The van der Waals surface area contributed by atoms with Gasteiger partial charge in [0.2, 0.25) is 15.9 Å². The van der Waals surface area contributed by atoms with Crippen molar-refractivity contribution in [1.29, 1.82) is 0 Å². The summed E-state index contributed by atoms with van der Waals surface area (Å²) < 4.78 is 29.2. The molecule has 0 bridgehead atoms. The molecule has 0 aliphatic carbocycles. The van der Waals surface area contributed by atoms with E-state index in [1.165, 1.54) is 4.31 Å². The number of amides is 1. The monoisotopic (exact) mass is 619 g/mol. The number of carbonyl (C=O) groups excluding carboxylic acids is 1. The second-order valence-corrected chi connectivity index (χ2v) is 12.4. The van der Waals surface area contributed by atoms with E-state index >= 15 is 0 Å². The highest BCUT2D eigenvalue weighted by Crippen LogP contribution is 2.31. The van der Waals surface area contributed by atoms with E-state index in [0.717, 1.165) is 16.8 Å². The summed E-state index contributed by atoms with van der Waals surface area (Å²) in [6, 6.07) is 18.9. The zero-order chi connectivity index (χ0) is 25.0. The summed E-state index contributed by atoms with van der Waals surface area (Å²) in [6.07, 6.45) is 2.69. The van der Waals surface area contributed by atoms with Gasteiger partial charge in [0.25, 0.3) is 0 Å². The Bertz CT molecular complexity index is 1290. The Hall–Kier alpha value is -2.07. The molecule has 4 rings (SSSR count). The van der Waals surface area contributed by atoms with Crippen molar-refractivity contribution in [2.45, 2.75) is 37.8 Å². The van der Waals surface area contributed by atoms with Gasteiger partial charge in [-0.1, -0.05) is 51.8 Å². The summed E-state index contributed by atoms with van der Waals surface area (Å²) in [5.74, 6) is -0.196. The summed E-state index contributed by atoms with van der Waals surface area (Å²) in [7, 11) is -3.66. The third kappa shape index (κ3) is 6.39. The second-order valence-electron chi connectivity index (χ2n) is 8.76. The molecule has 1 aliphatic rings. The third-order valence-corrected chi connectivity index (χ3v) is 9.55. The number of halogens is 2. The van der Waals surface area contributed by atoms with E-state index in [0.29, 0.717) is 48.0 Å². The molecule has 1 saturated heterocycles. The van der Waals surface area contributed by atoms with Crippen LogP contribution in [0.1, 0.15) is 29.7 Å². The van der Waals surface area contributed by atoms with Crippen LogP contribution in [0.4, 0.5) is 0 Å². The lowest BCUT2D eigenvalue weighted by atomic mass is 9.96. The van der Waals surface area contributed by atoms with Gasteiger partial charge in [0.1, 0.15) is 0 Å². The van der Waals surface area contributed by atoms with Gasteiger partial charge in [-0.05, 0) is 71.6 Å². The highest BCUT2D eigenvalue weighted by Gasteiger charge is 2.35. The first-order valence-electron chi connectivity index (χ1n) is 11.4. The van der Waals surface area contributed by atoms with Gasteiger partial charge in [-0.2, -0.15) is 4.31 Å². The standard InChI is InChI=1S/C26H27Br2N3O3S/c1-19-5-4-6-20(15-19)17-30(18-23-7-2-3-12-29-23)26(32)21-10-13-31(14-11-21)35(33,34)25-16-22(27)8-9-24(25)28/h2-9,12,15-16,21H,10-11,13-14,17-18H2,1H3. The minimum atomic E-state index is -3.66. The minimum Gasteiger partial charge on any atom is -0.332 e. The lowest BCUT2D eigenvalue weighted by Crippen LogP contribution is -2.44. The number of hydrogen-bond acceptors (Lipinski definition) is 4. The van der Waals surface area contributed by atoms with Crippen molar-refractivity contribution < 1.29 is 13.2 Å². The topological polar surface area (TPSA) is 70.6 Å². The Morgan fingerprint density at radius 1 is 1.03 bits per heavy atom. The molecule has 0 atom stereocenters. The van der Waals surface area contributed by atoms with Crippen molar-refractivity contribution in [3.63, 3.8) is 0 Å². The number of piperidine rings is 1. The molecule has 2 aromatic carbocycles. The molecule has 1 aliphatic heterocycles. The van der Waals surface area contributed by atoms with Crippen LogP contribution in [0, 0.1) is 12.8 Å². The van der Waals surface area contributed by atoms with Crippen LogP contribution in [-0.4, -0.2) is 41.6 Å². The predicted molar refractivity (Wildman–Crippen MR) is 143 cm³/mol. The van der Waals surface area contributed by atoms with Crippen LogP contribution < -0.4 is 0 Å². The lowest BCUT2D eigenvalue weighted by molar-refractivity contribution is -0.138. The molecule has 1 fully saturated rings. The van der Waals surface area contributed by atoms with E-state index < -0.39 is 10.0 Å². The van der Waals surface area contributed by atoms with Crippen LogP contribution in [0.15, 0.2) is 80.7 Å². The van der Waals surface area contributed by atoms with E-state index in [9.17, 15) is 13.2 Å². The Balaban J connectivity index is 1.49. The molecule has 2 heterocycles. The van der Waals surface area contributed by atoms with E-state index in [-0.39, 0.29) is 16.7 Å². The highest BCUT2D eigenvalue weighted by atomic mass is 79.9. The first kappa shape index (κ1) is 26.0. The van der Waals surface area contributed by atoms with Gasteiger partial charge in [0.15, 0.2) is 0 Å². The predicted octanol–water partition coefficient (Wildman–Crippen LogP) is 5.54. The normalized spacial score (nSPS) is 15.2. The fourth-order valence-corrected chi connectivity index (χ4v) is 7.28. The van der Waals surface area contributed by atoms with Crippen LogP contribution in [0.3, 0.4) is 0 Å².